The van der Waals surface area contributed by atoms with Gasteiger partial charge in [-0.25, -0.2) is 4.39 Å². The van der Waals surface area contributed by atoms with Crippen LogP contribution in [0.1, 0.15) is 22.2 Å². The molecule has 82 valence electrons. The average Bonchev–Trinajstić information content (AvgIpc) is 2.27. The van der Waals surface area contributed by atoms with Crippen LogP contribution in [0.5, 0.6) is 0 Å². The molecule has 0 spiro atoms. The zero-order valence-corrected chi connectivity index (χ0v) is 8.36. The monoisotopic (exact) mass is 233 g/mol. The van der Waals surface area contributed by atoms with E-state index in [-0.39, 0.29) is 17.1 Å². The lowest BCUT2D eigenvalue weighted by atomic mass is 10.1. The molecule has 2 unspecified atom stereocenters. The van der Waals surface area contributed by atoms with Crippen LogP contribution in [0.2, 0.25) is 0 Å². The number of aliphatic hydroxyl groups is 2. The van der Waals surface area contributed by atoms with E-state index >= 15 is 0 Å². The second-order valence-corrected chi connectivity index (χ2v) is 3.22. The van der Waals surface area contributed by atoms with Crippen molar-refractivity contribution in [2.75, 3.05) is 5.88 Å². The Hall–Kier alpha value is -1.04. The molecule has 0 saturated heterocycles. The Morgan fingerprint density at radius 2 is 2.27 bits per heavy atom. The van der Waals surface area contributed by atoms with Gasteiger partial charge in [-0.1, -0.05) is 0 Å². The van der Waals surface area contributed by atoms with E-state index in [2.05, 4.69) is 4.98 Å². The number of pyridine rings is 1. The summed E-state index contributed by atoms with van der Waals surface area (Å²) in [5, 5.41) is 18.7. The maximum atomic E-state index is 12.9. The molecule has 0 bridgehead atoms. The fourth-order valence-corrected chi connectivity index (χ4v) is 1.17. The third-order valence-electron chi connectivity index (χ3n) is 1.86. The second kappa shape index (κ2) is 5.16. The number of alkyl halides is 1. The van der Waals surface area contributed by atoms with Crippen LogP contribution in [-0.2, 0) is 0 Å². The van der Waals surface area contributed by atoms with Crippen molar-refractivity contribution < 1.29 is 19.4 Å². The molecule has 0 radical (unpaired) electrons. The molecule has 1 aromatic heterocycles. The molecule has 1 rings (SSSR count). The van der Waals surface area contributed by atoms with Gasteiger partial charge < -0.3 is 10.2 Å². The van der Waals surface area contributed by atoms with E-state index in [1.165, 1.54) is 0 Å². The van der Waals surface area contributed by atoms with Crippen LogP contribution < -0.4 is 0 Å². The van der Waals surface area contributed by atoms with Crippen LogP contribution in [0.15, 0.2) is 12.3 Å². The zero-order chi connectivity index (χ0) is 11.4. The normalized spacial score (nSPS) is 14.7. The Balaban J connectivity index is 3.00. The molecule has 2 N–H and O–H groups in total. The van der Waals surface area contributed by atoms with Crippen molar-refractivity contribution >= 4 is 17.9 Å². The van der Waals surface area contributed by atoms with Crippen molar-refractivity contribution in [3.05, 3.63) is 29.3 Å². The molecule has 0 fully saturated rings. The number of aromatic nitrogens is 1. The zero-order valence-electron chi connectivity index (χ0n) is 7.60. The minimum atomic E-state index is -1.33. The number of halogens is 2. The van der Waals surface area contributed by atoms with Crippen LogP contribution in [0.3, 0.4) is 0 Å². The van der Waals surface area contributed by atoms with Gasteiger partial charge in [0.25, 0.3) is 0 Å². The van der Waals surface area contributed by atoms with Gasteiger partial charge in [0.05, 0.1) is 29.4 Å². The Bertz CT molecular complexity index is 361. The van der Waals surface area contributed by atoms with E-state index < -0.39 is 18.0 Å². The highest BCUT2D eigenvalue weighted by Crippen LogP contribution is 2.17. The Morgan fingerprint density at radius 3 is 2.80 bits per heavy atom. The first-order valence-corrected chi connectivity index (χ1v) is 4.66. The Labute approximate surface area is 90.3 Å². The summed E-state index contributed by atoms with van der Waals surface area (Å²) >= 11 is 5.32. The van der Waals surface area contributed by atoms with Crippen LogP contribution in [0.25, 0.3) is 0 Å². The van der Waals surface area contributed by atoms with Crippen LogP contribution in [0.4, 0.5) is 4.39 Å². The predicted molar refractivity (Wildman–Crippen MR) is 51.3 cm³/mol. The van der Waals surface area contributed by atoms with Gasteiger partial charge in [0, 0.05) is 0 Å². The van der Waals surface area contributed by atoms with Gasteiger partial charge >= 0.3 is 0 Å². The molecule has 15 heavy (non-hydrogen) atoms. The SMILES string of the molecule is O=Cc1cc(C(O)C(O)CCl)ncc1F. The maximum Gasteiger partial charge on any atom is 0.153 e. The van der Waals surface area contributed by atoms with E-state index in [1.807, 2.05) is 0 Å². The lowest BCUT2D eigenvalue weighted by molar-refractivity contribution is 0.0299. The summed E-state index contributed by atoms with van der Waals surface area (Å²) in [6.45, 7) is 0. The molecule has 0 aliphatic heterocycles. The van der Waals surface area contributed by atoms with Crippen molar-refractivity contribution in [2.45, 2.75) is 12.2 Å². The predicted octanol–water partition coefficient (Wildman–Crippen LogP) is 0.666. The molecular formula is C9H9ClFNO3. The number of aldehydes is 1. The van der Waals surface area contributed by atoms with Crippen molar-refractivity contribution in [3.63, 3.8) is 0 Å². The van der Waals surface area contributed by atoms with Gasteiger partial charge in [0.15, 0.2) is 12.1 Å². The van der Waals surface area contributed by atoms with Crippen molar-refractivity contribution in [2.24, 2.45) is 0 Å². The lowest BCUT2D eigenvalue weighted by Crippen LogP contribution is -2.21. The molecule has 0 aliphatic carbocycles. The Kier molecular flexibility index (Phi) is 4.14. The van der Waals surface area contributed by atoms with Crippen LogP contribution >= 0.6 is 11.6 Å². The summed E-state index contributed by atoms with van der Waals surface area (Å²) in [4.78, 5) is 14.0. The number of nitrogens with zero attached hydrogens (tertiary/aromatic N) is 1. The summed E-state index contributed by atoms with van der Waals surface area (Å²) in [5.41, 5.74) is -0.215. The quantitative estimate of drug-likeness (QED) is 0.592. The van der Waals surface area contributed by atoms with Gasteiger partial charge in [-0.2, -0.15) is 0 Å². The van der Waals surface area contributed by atoms with Gasteiger partial charge in [-0.15, -0.1) is 11.6 Å². The third kappa shape index (κ3) is 2.71. The Morgan fingerprint density at radius 1 is 1.60 bits per heavy atom. The molecule has 0 aliphatic rings. The number of aliphatic hydroxyl groups excluding tert-OH is 2. The first-order valence-electron chi connectivity index (χ1n) is 4.13. The van der Waals surface area contributed by atoms with Gasteiger partial charge in [-0.05, 0) is 6.07 Å². The van der Waals surface area contributed by atoms with E-state index in [9.17, 15) is 19.4 Å². The van der Waals surface area contributed by atoms with Crippen molar-refractivity contribution in [1.29, 1.82) is 0 Å². The van der Waals surface area contributed by atoms with E-state index in [1.54, 1.807) is 0 Å². The average molecular weight is 234 g/mol. The molecule has 6 heteroatoms. The highest BCUT2D eigenvalue weighted by molar-refractivity contribution is 6.18. The fraction of sp³-hybridized carbons (Fsp3) is 0.333. The number of hydrogen-bond donors (Lipinski definition) is 2. The molecule has 1 heterocycles. The summed E-state index contributed by atoms with van der Waals surface area (Å²) in [6, 6.07) is 1.07. The van der Waals surface area contributed by atoms with Crippen molar-refractivity contribution in [3.8, 4) is 0 Å². The largest absolute Gasteiger partial charge is 0.389 e. The molecule has 0 amide bonds. The molecule has 1 aromatic rings. The first kappa shape index (κ1) is 12.0. The molecule has 0 saturated carbocycles. The van der Waals surface area contributed by atoms with Gasteiger partial charge in [-0.3, -0.25) is 9.78 Å². The highest BCUT2D eigenvalue weighted by Gasteiger charge is 2.19. The molecule has 2 atom stereocenters. The molecule has 0 aromatic carbocycles. The summed E-state index contributed by atoms with van der Waals surface area (Å²) in [7, 11) is 0. The molecule has 4 nitrogen and oxygen atoms in total. The topological polar surface area (TPSA) is 70.4 Å². The van der Waals surface area contributed by atoms with Gasteiger partial charge in [0.1, 0.15) is 6.10 Å². The number of carbonyl (C=O) groups excluding carboxylic acids is 1. The minimum Gasteiger partial charge on any atom is -0.389 e. The highest BCUT2D eigenvalue weighted by atomic mass is 35.5. The maximum absolute atomic E-state index is 12.9. The first-order chi connectivity index (χ1) is 7.10. The van der Waals surface area contributed by atoms with Crippen molar-refractivity contribution in [1.82, 2.24) is 4.98 Å². The molecular weight excluding hydrogens is 225 g/mol. The van der Waals surface area contributed by atoms with Gasteiger partial charge in [0.2, 0.25) is 0 Å². The number of hydrogen-bond acceptors (Lipinski definition) is 4. The van der Waals surface area contributed by atoms with E-state index in [0.29, 0.717) is 6.29 Å². The van der Waals surface area contributed by atoms with E-state index in [4.69, 9.17) is 11.6 Å². The van der Waals surface area contributed by atoms with Crippen LogP contribution in [-0.4, -0.2) is 33.5 Å². The van der Waals surface area contributed by atoms with Crippen LogP contribution in [0, 0.1) is 5.82 Å². The summed E-state index contributed by atoms with van der Waals surface area (Å²) < 4.78 is 12.9. The number of carbonyl (C=O) groups is 1. The standard InChI is InChI=1S/C9H9ClFNO3/c10-2-8(14)9(15)7-1-5(4-13)6(11)3-12-7/h1,3-4,8-9,14-15H,2H2. The summed E-state index contributed by atoms with van der Waals surface area (Å²) in [6.07, 6.45) is -1.42. The minimum absolute atomic E-state index is 0.00616. The number of rotatable bonds is 4. The fourth-order valence-electron chi connectivity index (χ4n) is 1.00. The lowest BCUT2D eigenvalue weighted by Gasteiger charge is -2.14. The van der Waals surface area contributed by atoms with E-state index in [0.717, 1.165) is 12.3 Å². The summed E-state index contributed by atoms with van der Waals surface area (Å²) in [5.74, 6) is -0.960. The second-order valence-electron chi connectivity index (χ2n) is 2.92. The third-order valence-corrected chi connectivity index (χ3v) is 2.17. The smallest absolute Gasteiger partial charge is 0.153 e.